The van der Waals surface area contributed by atoms with Gasteiger partial charge in [0.1, 0.15) is 5.75 Å². The normalized spacial score (nSPS) is 20.2. The van der Waals surface area contributed by atoms with Crippen molar-refractivity contribution in [1.82, 2.24) is 5.32 Å². The molecule has 0 atom stereocenters. The van der Waals surface area contributed by atoms with Crippen molar-refractivity contribution < 1.29 is 9.53 Å². The molecule has 2 heterocycles. The maximum Gasteiger partial charge on any atom is 0.169 e. The Bertz CT molecular complexity index is 498. The number of ether oxygens (including phenoxy) is 1. The van der Waals surface area contributed by atoms with E-state index >= 15 is 0 Å². The van der Waals surface area contributed by atoms with Gasteiger partial charge in [0.25, 0.3) is 0 Å². The third kappa shape index (κ3) is 2.35. The molecule has 3 rings (SSSR count). The highest BCUT2D eigenvalue weighted by Gasteiger charge is 2.39. The van der Waals surface area contributed by atoms with E-state index in [2.05, 4.69) is 18.3 Å². The molecule has 3 heteroatoms. The van der Waals surface area contributed by atoms with Crippen molar-refractivity contribution in [2.45, 2.75) is 39.0 Å². The van der Waals surface area contributed by atoms with Crippen molar-refractivity contribution in [2.75, 3.05) is 19.7 Å². The van der Waals surface area contributed by atoms with Crippen LogP contribution in [0.15, 0.2) is 18.2 Å². The molecule has 1 aromatic rings. The number of fused-ring (bicyclic) bond motifs is 1. The van der Waals surface area contributed by atoms with E-state index in [1.807, 2.05) is 12.1 Å². The SMILES string of the molecule is CCCC1(C(=O)c2ccc3c(c2)CCO3)CCNCC1. The van der Waals surface area contributed by atoms with Gasteiger partial charge in [0.15, 0.2) is 5.78 Å². The second kappa shape index (κ2) is 5.57. The fourth-order valence-corrected chi connectivity index (χ4v) is 3.61. The molecule has 20 heavy (non-hydrogen) atoms. The molecule has 0 amide bonds. The summed E-state index contributed by atoms with van der Waals surface area (Å²) in [4.78, 5) is 13.0. The summed E-state index contributed by atoms with van der Waals surface area (Å²) in [5, 5.41) is 3.37. The molecule has 0 spiro atoms. The summed E-state index contributed by atoms with van der Waals surface area (Å²) >= 11 is 0. The van der Waals surface area contributed by atoms with Crippen molar-refractivity contribution >= 4 is 5.78 Å². The molecule has 0 bridgehead atoms. The van der Waals surface area contributed by atoms with Crippen LogP contribution < -0.4 is 10.1 Å². The van der Waals surface area contributed by atoms with Crippen LogP contribution in [0.4, 0.5) is 0 Å². The number of piperidine rings is 1. The monoisotopic (exact) mass is 273 g/mol. The van der Waals surface area contributed by atoms with Crippen molar-refractivity contribution in [1.29, 1.82) is 0 Å². The largest absolute Gasteiger partial charge is 0.493 e. The average molecular weight is 273 g/mol. The Hall–Kier alpha value is -1.35. The van der Waals surface area contributed by atoms with Crippen LogP contribution in [0.5, 0.6) is 5.75 Å². The summed E-state index contributed by atoms with van der Waals surface area (Å²) in [6.45, 7) is 4.84. The van der Waals surface area contributed by atoms with Crippen LogP contribution in [0.25, 0.3) is 0 Å². The zero-order valence-corrected chi connectivity index (χ0v) is 12.2. The van der Waals surface area contributed by atoms with E-state index in [4.69, 9.17) is 4.74 Å². The van der Waals surface area contributed by atoms with Crippen LogP contribution in [0, 0.1) is 5.41 Å². The lowest BCUT2D eigenvalue weighted by Crippen LogP contribution is -2.42. The molecule has 0 unspecified atom stereocenters. The third-order valence-corrected chi connectivity index (χ3v) is 4.72. The maximum atomic E-state index is 13.0. The van der Waals surface area contributed by atoms with Gasteiger partial charge in [-0.05, 0) is 56.1 Å². The minimum atomic E-state index is -0.145. The van der Waals surface area contributed by atoms with Crippen LogP contribution >= 0.6 is 0 Å². The summed E-state index contributed by atoms with van der Waals surface area (Å²) in [6, 6.07) is 5.98. The minimum Gasteiger partial charge on any atom is -0.493 e. The number of rotatable bonds is 4. The van der Waals surface area contributed by atoms with Gasteiger partial charge in [0.05, 0.1) is 6.61 Å². The van der Waals surface area contributed by atoms with E-state index in [0.717, 1.165) is 63.1 Å². The lowest BCUT2D eigenvalue weighted by Gasteiger charge is -2.36. The number of ketones is 1. The van der Waals surface area contributed by atoms with Gasteiger partial charge in [-0.2, -0.15) is 0 Å². The van der Waals surface area contributed by atoms with E-state index in [-0.39, 0.29) is 5.41 Å². The van der Waals surface area contributed by atoms with E-state index in [0.29, 0.717) is 5.78 Å². The number of hydrogen-bond acceptors (Lipinski definition) is 3. The van der Waals surface area contributed by atoms with Crippen LogP contribution in [0.3, 0.4) is 0 Å². The van der Waals surface area contributed by atoms with Crippen LogP contribution in [-0.4, -0.2) is 25.5 Å². The van der Waals surface area contributed by atoms with Gasteiger partial charge in [-0.25, -0.2) is 0 Å². The smallest absolute Gasteiger partial charge is 0.169 e. The summed E-state index contributed by atoms with van der Waals surface area (Å²) in [5.74, 6) is 1.30. The quantitative estimate of drug-likeness (QED) is 0.857. The Morgan fingerprint density at radius 2 is 2.15 bits per heavy atom. The third-order valence-electron chi connectivity index (χ3n) is 4.72. The molecule has 1 aromatic carbocycles. The Labute approximate surface area is 120 Å². The standard InChI is InChI=1S/C17H23NO2/c1-2-6-17(7-9-18-10-8-17)16(19)14-3-4-15-13(12-14)5-11-20-15/h3-4,12,18H,2,5-11H2,1H3. The predicted octanol–water partition coefficient (Wildman–Crippen LogP) is 2.97. The minimum absolute atomic E-state index is 0.145. The first-order valence-corrected chi connectivity index (χ1v) is 7.76. The molecular weight excluding hydrogens is 250 g/mol. The summed E-state index contributed by atoms with van der Waals surface area (Å²) in [5.41, 5.74) is 1.93. The molecule has 0 saturated carbocycles. The first kappa shape index (κ1) is 13.6. The molecule has 2 aliphatic heterocycles. The van der Waals surface area contributed by atoms with Gasteiger partial charge in [-0.1, -0.05) is 13.3 Å². The molecule has 1 fully saturated rings. The Morgan fingerprint density at radius 1 is 1.35 bits per heavy atom. The molecule has 108 valence electrons. The molecule has 1 N–H and O–H groups in total. The van der Waals surface area contributed by atoms with Crippen LogP contribution in [-0.2, 0) is 6.42 Å². The van der Waals surface area contributed by atoms with E-state index < -0.39 is 0 Å². The van der Waals surface area contributed by atoms with Crippen molar-refractivity contribution in [2.24, 2.45) is 5.41 Å². The number of nitrogens with one attached hydrogen (secondary N) is 1. The van der Waals surface area contributed by atoms with Crippen LogP contribution in [0.2, 0.25) is 0 Å². The van der Waals surface area contributed by atoms with Crippen LogP contribution in [0.1, 0.15) is 48.5 Å². The Balaban J connectivity index is 1.89. The first-order valence-electron chi connectivity index (χ1n) is 7.76. The fourth-order valence-electron chi connectivity index (χ4n) is 3.61. The van der Waals surface area contributed by atoms with Crippen molar-refractivity contribution in [3.8, 4) is 5.75 Å². The highest BCUT2D eigenvalue weighted by Crippen LogP contribution is 2.38. The highest BCUT2D eigenvalue weighted by atomic mass is 16.5. The van der Waals surface area contributed by atoms with Crippen molar-refractivity contribution in [3.63, 3.8) is 0 Å². The number of carbonyl (C=O) groups is 1. The number of benzene rings is 1. The Kier molecular flexibility index (Phi) is 3.79. The summed E-state index contributed by atoms with van der Waals surface area (Å²) in [7, 11) is 0. The Morgan fingerprint density at radius 3 is 2.90 bits per heavy atom. The molecule has 0 aliphatic carbocycles. The number of Topliss-reactive ketones (excluding diaryl/α,β-unsaturated/α-hetero) is 1. The van der Waals surface area contributed by atoms with E-state index in [1.54, 1.807) is 0 Å². The lowest BCUT2D eigenvalue weighted by molar-refractivity contribution is 0.0704. The summed E-state index contributed by atoms with van der Waals surface area (Å²) < 4.78 is 5.53. The molecule has 0 aromatic heterocycles. The lowest BCUT2D eigenvalue weighted by atomic mass is 9.70. The van der Waals surface area contributed by atoms with Gasteiger partial charge in [0.2, 0.25) is 0 Å². The number of hydrogen-bond donors (Lipinski definition) is 1. The average Bonchev–Trinajstić information content (AvgIpc) is 2.95. The summed E-state index contributed by atoms with van der Waals surface area (Å²) in [6.07, 6.45) is 4.93. The molecular formula is C17H23NO2. The first-order chi connectivity index (χ1) is 9.75. The van der Waals surface area contributed by atoms with Gasteiger partial charge in [0, 0.05) is 17.4 Å². The molecule has 2 aliphatic rings. The maximum absolute atomic E-state index is 13.0. The molecule has 1 saturated heterocycles. The molecule has 0 radical (unpaired) electrons. The van der Waals surface area contributed by atoms with Gasteiger partial charge in [-0.15, -0.1) is 0 Å². The van der Waals surface area contributed by atoms with E-state index in [1.165, 1.54) is 5.56 Å². The van der Waals surface area contributed by atoms with E-state index in [9.17, 15) is 4.79 Å². The number of carbonyl (C=O) groups excluding carboxylic acids is 1. The molecule has 3 nitrogen and oxygen atoms in total. The van der Waals surface area contributed by atoms with Crippen molar-refractivity contribution in [3.05, 3.63) is 29.3 Å². The van der Waals surface area contributed by atoms with Gasteiger partial charge in [-0.3, -0.25) is 4.79 Å². The second-order valence-electron chi connectivity index (χ2n) is 6.03. The van der Waals surface area contributed by atoms with Gasteiger partial charge >= 0.3 is 0 Å². The second-order valence-corrected chi connectivity index (χ2v) is 6.03. The predicted molar refractivity (Wildman–Crippen MR) is 79.4 cm³/mol. The zero-order chi connectivity index (χ0) is 14.0. The van der Waals surface area contributed by atoms with Gasteiger partial charge < -0.3 is 10.1 Å². The highest BCUT2D eigenvalue weighted by molar-refractivity contribution is 6.01. The fraction of sp³-hybridized carbons (Fsp3) is 0.588. The zero-order valence-electron chi connectivity index (χ0n) is 12.2. The topological polar surface area (TPSA) is 38.3 Å².